The predicted octanol–water partition coefficient (Wildman–Crippen LogP) is 2.83. The molecule has 0 saturated heterocycles. The smallest absolute Gasteiger partial charge is 0.126 e. The maximum Gasteiger partial charge on any atom is 0.126 e. The van der Waals surface area contributed by atoms with Crippen LogP contribution in [0.4, 0.5) is 5.82 Å². The highest BCUT2D eigenvalue weighted by Crippen LogP contribution is 2.64. The maximum atomic E-state index is 4.33. The molecule has 2 saturated carbocycles. The summed E-state index contributed by atoms with van der Waals surface area (Å²) in [6.45, 7) is 2.40. The summed E-state index contributed by atoms with van der Waals surface area (Å²) >= 11 is 0. The van der Waals surface area contributed by atoms with Crippen molar-refractivity contribution in [3.63, 3.8) is 0 Å². The van der Waals surface area contributed by atoms with E-state index in [-0.39, 0.29) is 0 Å². The molecule has 74 valence electrons. The van der Waals surface area contributed by atoms with Gasteiger partial charge >= 0.3 is 0 Å². The van der Waals surface area contributed by atoms with Gasteiger partial charge in [-0.25, -0.2) is 4.98 Å². The van der Waals surface area contributed by atoms with Crippen LogP contribution in [0.3, 0.4) is 0 Å². The Balaban J connectivity index is 1.79. The highest BCUT2D eigenvalue weighted by atomic mass is 15.1. The van der Waals surface area contributed by atoms with Crippen LogP contribution in [0.1, 0.15) is 32.6 Å². The van der Waals surface area contributed by atoms with E-state index in [9.17, 15) is 0 Å². The van der Waals surface area contributed by atoms with E-state index in [1.165, 1.54) is 25.7 Å². The summed E-state index contributed by atoms with van der Waals surface area (Å²) in [5.41, 5.74) is 0.950. The SMILES string of the molecule is CC1(C2(Nc3ccccn3)CC2)CC1. The van der Waals surface area contributed by atoms with Crippen LogP contribution < -0.4 is 5.32 Å². The Morgan fingerprint density at radius 1 is 1.21 bits per heavy atom. The summed E-state index contributed by atoms with van der Waals surface area (Å²) in [5.74, 6) is 1.04. The Bertz CT molecular complexity index is 337. The molecule has 14 heavy (non-hydrogen) atoms. The lowest BCUT2D eigenvalue weighted by Crippen LogP contribution is -2.31. The fraction of sp³-hybridized carbons (Fsp3) is 0.583. The van der Waals surface area contributed by atoms with Gasteiger partial charge in [-0.3, -0.25) is 0 Å². The fourth-order valence-corrected chi connectivity index (χ4v) is 2.35. The lowest BCUT2D eigenvalue weighted by Gasteiger charge is -2.24. The number of rotatable bonds is 3. The van der Waals surface area contributed by atoms with Crippen molar-refractivity contribution < 1.29 is 0 Å². The summed E-state index contributed by atoms with van der Waals surface area (Å²) in [7, 11) is 0. The zero-order valence-electron chi connectivity index (χ0n) is 8.59. The van der Waals surface area contributed by atoms with Crippen LogP contribution >= 0.6 is 0 Å². The standard InChI is InChI=1S/C12H16N2/c1-11(5-6-11)12(7-8-12)14-10-4-2-3-9-13-10/h2-4,9H,5-8H2,1H3,(H,13,14). The van der Waals surface area contributed by atoms with Crippen molar-refractivity contribution >= 4 is 5.82 Å². The molecule has 0 atom stereocenters. The molecule has 2 heteroatoms. The highest BCUT2D eigenvalue weighted by Gasteiger charge is 2.62. The van der Waals surface area contributed by atoms with Crippen molar-refractivity contribution in [1.29, 1.82) is 0 Å². The van der Waals surface area contributed by atoms with Gasteiger partial charge in [-0.2, -0.15) is 0 Å². The lowest BCUT2D eigenvalue weighted by molar-refractivity contribution is 0.446. The van der Waals surface area contributed by atoms with Gasteiger partial charge in [0.2, 0.25) is 0 Å². The van der Waals surface area contributed by atoms with Crippen LogP contribution in [0.2, 0.25) is 0 Å². The van der Waals surface area contributed by atoms with Crippen LogP contribution in [-0.4, -0.2) is 10.5 Å². The summed E-state index contributed by atoms with van der Waals surface area (Å²) in [4.78, 5) is 4.33. The fourth-order valence-electron chi connectivity index (χ4n) is 2.35. The van der Waals surface area contributed by atoms with Crippen LogP contribution in [0.25, 0.3) is 0 Å². The normalized spacial score (nSPS) is 25.5. The zero-order valence-corrected chi connectivity index (χ0v) is 8.59. The monoisotopic (exact) mass is 188 g/mol. The summed E-state index contributed by atoms with van der Waals surface area (Å²) in [5, 5.41) is 3.62. The van der Waals surface area contributed by atoms with Gasteiger partial charge in [0.1, 0.15) is 5.82 Å². The third kappa shape index (κ3) is 1.13. The van der Waals surface area contributed by atoms with E-state index in [1.807, 2.05) is 18.3 Å². The Labute approximate surface area is 84.7 Å². The molecule has 0 bridgehead atoms. The van der Waals surface area contributed by atoms with Crippen LogP contribution in [0, 0.1) is 5.41 Å². The Hall–Kier alpha value is -1.05. The topological polar surface area (TPSA) is 24.9 Å². The molecule has 2 aliphatic carbocycles. The van der Waals surface area contributed by atoms with E-state index in [0.717, 1.165) is 5.82 Å². The number of hydrogen-bond acceptors (Lipinski definition) is 2. The molecule has 0 unspecified atom stereocenters. The second-order valence-electron chi connectivity index (χ2n) is 4.98. The minimum Gasteiger partial charge on any atom is -0.364 e. The Morgan fingerprint density at radius 3 is 2.50 bits per heavy atom. The van der Waals surface area contributed by atoms with Crippen molar-refractivity contribution in [2.24, 2.45) is 5.41 Å². The van der Waals surface area contributed by atoms with Crippen molar-refractivity contribution in [1.82, 2.24) is 4.98 Å². The molecule has 2 fully saturated rings. The van der Waals surface area contributed by atoms with Gasteiger partial charge in [-0.1, -0.05) is 13.0 Å². The molecule has 0 amide bonds. The van der Waals surface area contributed by atoms with Gasteiger partial charge in [-0.05, 0) is 43.2 Å². The molecule has 0 radical (unpaired) electrons. The minimum absolute atomic E-state index is 0.390. The summed E-state index contributed by atoms with van der Waals surface area (Å²) < 4.78 is 0. The molecular formula is C12H16N2. The second kappa shape index (κ2) is 2.50. The molecule has 0 aromatic carbocycles. The number of hydrogen-bond donors (Lipinski definition) is 1. The van der Waals surface area contributed by atoms with Crippen LogP contribution in [0.5, 0.6) is 0 Å². The molecule has 3 rings (SSSR count). The number of aromatic nitrogens is 1. The number of pyridine rings is 1. The van der Waals surface area contributed by atoms with E-state index in [1.54, 1.807) is 0 Å². The second-order valence-corrected chi connectivity index (χ2v) is 4.98. The predicted molar refractivity (Wildman–Crippen MR) is 57.2 cm³/mol. The van der Waals surface area contributed by atoms with Crippen LogP contribution in [0.15, 0.2) is 24.4 Å². The van der Waals surface area contributed by atoms with Crippen molar-refractivity contribution in [2.45, 2.75) is 38.1 Å². The average Bonchev–Trinajstić information content (AvgIpc) is 3.07. The molecule has 1 heterocycles. The van der Waals surface area contributed by atoms with E-state index >= 15 is 0 Å². The van der Waals surface area contributed by atoms with E-state index in [0.29, 0.717) is 11.0 Å². The third-order valence-corrected chi connectivity index (χ3v) is 3.94. The highest BCUT2D eigenvalue weighted by molar-refractivity contribution is 5.43. The molecule has 2 aliphatic rings. The van der Waals surface area contributed by atoms with Crippen molar-refractivity contribution in [2.75, 3.05) is 5.32 Å². The summed E-state index contributed by atoms with van der Waals surface area (Å²) in [6, 6.07) is 6.07. The van der Waals surface area contributed by atoms with Crippen molar-refractivity contribution in [3.05, 3.63) is 24.4 Å². The lowest BCUT2D eigenvalue weighted by atomic mass is 9.96. The van der Waals surface area contributed by atoms with Gasteiger partial charge in [0.25, 0.3) is 0 Å². The molecule has 1 aromatic heterocycles. The number of nitrogens with zero attached hydrogens (tertiary/aromatic N) is 1. The quantitative estimate of drug-likeness (QED) is 0.789. The first kappa shape index (κ1) is 8.27. The summed E-state index contributed by atoms with van der Waals surface area (Å²) in [6.07, 6.45) is 7.26. The first-order valence-corrected chi connectivity index (χ1v) is 5.43. The van der Waals surface area contributed by atoms with Gasteiger partial charge in [0.15, 0.2) is 0 Å². The van der Waals surface area contributed by atoms with Gasteiger partial charge in [0, 0.05) is 11.7 Å². The number of nitrogens with one attached hydrogen (secondary N) is 1. The first-order chi connectivity index (χ1) is 6.74. The van der Waals surface area contributed by atoms with Gasteiger partial charge in [-0.15, -0.1) is 0 Å². The van der Waals surface area contributed by atoms with E-state index in [2.05, 4.69) is 23.3 Å². The first-order valence-electron chi connectivity index (χ1n) is 5.43. The molecule has 1 N–H and O–H groups in total. The largest absolute Gasteiger partial charge is 0.364 e. The molecular weight excluding hydrogens is 172 g/mol. The Morgan fingerprint density at radius 2 is 2.00 bits per heavy atom. The molecule has 0 aliphatic heterocycles. The maximum absolute atomic E-state index is 4.33. The van der Waals surface area contributed by atoms with Gasteiger partial charge < -0.3 is 5.32 Å². The van der Waals surface area contributed by atoms with Gasteiger partial charge in [0.05, 0.1) is 0 Å². The molecule has 1 aromatic rings. The van der Waals surface area contributed by atoms with E-state index in [4.69, 9.17) is 0 Å². The van der Waals surface area contributed by atoms with Crippen molar-refractivity contribution in [3.8, 4) is 0 Å². The average molecular weight is 188 g/mol. The number of anilines is 1. The molecule has 2 nitrogen and oxygen atoms in total. The minimum atomic E-state index is 0.390. The zero-order chi connectivity index (χ0) is 9.65. The third-order valence-electron chi connectivity index (χ3n) is 3.94. The Kier molecular flexibility index (Phi) is 1.48. The van der Waals surface area contributed by atoms with Crippen LogP contribution in [-0.2, 0) is 0 Å². The molecule has 0 spiro atoms. The van der Waals surface area contributed by atoms with E-state index < -0.39 is 0 Å².